The third-order valence-electron chi connectivity index (χ3n) is 5.37. The molecule has 0 aromatic rings. The van der Waals surface area contributed by atoms with Gasteiger partial charge in [0.1, 0.15) is 0 Å². The van der Waals surface area contributed by atoms with Crippen LogP contribution in [0.3, 0.4) is 0 Å². The van der Waals surface area contributed by atoms with Crippen LogP contribution in [-0.2, 0) is 0 Å². The Hall–Kier alpha value is -0.0400. The molecule has 0 aromatic heterocycles. The largest absolute Gasteiger partial charge is 0.312 e. The topological polar surface area (TPSA) is 12.0 Å². The zero-order chi connectivity index (χ0) is 15.9. The third-order valence-corrected chi connectivity index (χ3v) is 5.37. The van der Waals surface area contributed by atoms with Crippen molar-refractivity contribution in [1.29, 1.82) is 0 Å². The Kier molecular flexibility index (Phi) is 13.2. The molecule has 0 saturated carbocycles. The molecule has 0 amide bonds. The highest BCUT2D eigenvalue weighted by Crippen LogP contribution is 2.18. The molecular formula is C21H43N. The molecule has 0 aromatic carbocycles. The van der Waals surface area contributed by atoms with Gasteiger partial charge in [-0.1, -0.05) is 96.8 Å². The zero-order valence-corrected chi connectivity index (χ0v) is 15.7. The minimum absolute atomic E-state index is 0.765. The molecule has 132 valence electrons. The first-order valence-electron chi connectivity index (χ1n) is 10.6. The zero-order valence-electron chi connectivity index (χ0n) is 15.7. The lowest BCUT2D eigenvalue weighted by molar-refractivity contribution is 0.314. The predicted octanol–water partition coefficient (Wildman–Crippen LogP) is 7.00. The highest BCUT2D eigenvalue weighted by Gasteiger charge is 2.16. The van der Waals surface area contributed by atoms with Crippen molar-refractivity contribution in [2.24, 2.45) is 0 Å². The van der Waals surface area contributed by atoms with Gasteiger partial charge in [0.2, 0.25) is 0 Å². The van der Waals surface area contributed by atoms with Crippen molar-refractivity contribution in [2.45, 2.75) is 135 Å². The maximum absolute atomic E-state index is 3.76. The summed E-state index contributed by atoms with van der Waals surface area (Å²) in [4.78, 5) is 0. The molecule has 0 spiro atoms. The van der Waals surface area contributed by atoms with Gasteiger partial charge in [-0.25, -0.2) is 0 Å². The average Bonchev–Trinajstić information content (AvgIpc) is 2.52. The molecule has 1 rings (SSSR count). The van der Waals surface area contributed by atoms with E-state index in [9.17, 15) is 0 Å². The van der Waals surface area contributed by atoms with Crippen molar-refractivity contribution in [3.8, 4) is 0 Å². The number of hydrogen-bond acceptors (Lipinski definition) is 1. The minimum Gasteiger partial charge on any atom is -0.312 e. The van der Waals surface area contributed by atoms with E-state index in [-0.39, 0.29) is 0 Å². The Morgan fingerprint density at radius 1 is 0.682 bits per heavy atom. The van der Waals surface area contributed by atoms with Crippen molar-refractivity contribution < 1.29 is 0 Å². The van der Waals surface area contributed by atoms with Crippen LogP contribution in [0.5, 0.6) is 0 Å². The number of hydrogen-bond donors (Lipinski definition) is 1. The van der Waals surface area contributed by atoms with Gasteiger partial charge in [0.05, 0.1) is 0 Å². The predicted molar refractivity (Wildman–Crippen MR) is 101 cm³/mol. The first-order chi connectivity index (χ1) is 10.8. The Labute approximate surface area is 141 Å². The lowest BCUT2D eigenvalue weighted by atomic mass is 9.95. The highest BCUT2D eigenvalue weighted by atomic mass is 15.0. The van der Waals surface area contributed by atoms with Crippen molar-refractivity contribution in [1.82, 2.24) is 5.32 Å². The molecule has 22 heavy (non-hydrogen) atoms. The molecular weight excluding hydrogens is 266 g/mol. The van der Waals surface area contributed by atoms with E-state index in [1.807, 2.05) is 0 Å². The van der Waals surface area contributed by atoms with Crippen molar-refractivity contribution >= 4 is 0 Å². The van der Waals surface area contributed by atoms with Crippen LogP contribution in [0.2, 0.25) is 0 Å². The highest BCUT2D eigenvalue weighted by molar-refractivity contribution is 4.77. The fourth-order valence-corrected chi connectivity index (χ4v) is 3.88. The second-order valence-corrected chi connectivity index (χ2v) is 7.73. The summed E-state index contributed by atoms with van der Waals surface area (Å²) in [5.74, 6) is 0. The Bertz CT molecular complexity index is 226. The molecule has 1 heteroatoms. The Balaban J connectivity index is 1.73. The van der Waals surface area contributed by atoms with E-state index in [1.165, 1.54) is 109 Å². The summed E-state index contributed by atoms with van der Waals surface area (Å²) in [5.41, 5.74) is 0. The van der Waals surface area contributed by atoms with E-state index >= 15 is 0 Å². The molecule has 2 atom stereocenters. The van der Waals surface area contributed by atoms with Crippen LogP contribution in [0.4, 0.5) is 0 Å². The van der Waals surface area contributed by atoms with E-state index in [1.54, 1.807) is 0 Å². The molecule has 1 fully saturated rings. The maximum atomic E-state index is 3.76. The van der Waals surface area contributed by atoms with Gasteiger partial charge in [-0.3, -0.25) is 0 Å². The standard InChI is InChI=1S/C21H43N/c1-3-4-5-6-7-8-9-10-11-12-13-14-15-18-21-19-16-17-20(2)22-21/h20-22H,3-19H2,1-2H3/t20-,21+/m0/s1. The molecule has 1 N–H and O–H groups in total. The second kappa shape index (κ2) is 14.5. The van der Waals surface area contributed by atoms with Crippen molar-refractivity contribution in [3.05, 3.63) is 0 Å². The minimum atomic E-state index is 0.765. The van der Waals surface area contributed by atoms with E-state index in [4.69, 9.17) is 0 Å². The van der Waals surface area contributed by atoms with Gasteiger partial charge < -0.3 is 5.32 Å². The summed E-state index contributed by atoms with van der Waals surface area (Å²) >= 11 is 0. The lowest BCUT2D eigenvalue weighted by Gasteiger charge is -2.28. The third kappa shape index (κ3) is 11.5. The van der Waals surface area contributed by atoms with Crippen molar-refractivity contribution in [3.63, 3.8) is 0 Å². The molecule has 1 heterocycles. The Morgan fingerprint density at radius 3 is 1.68 bits per heavy atom. The molecule has 1 nitrogen and oxygen atoms in total. The smallest absolute Gasteiger partial charge is 0.00695 e. The first kappa shape index (κ1) is 20.0. The molecule has 0 aliphatic carbocycles. The summed E-state index contributed by atoms with van der Waals surface area (Å²) < 4.78 is 0. The van der Waals surface area contributed by atoms with Gasteiger partial charge in [0, 0.05) is 12.1 Å². The maximum Gasteiger partial charge on any atom is 0.00695 e. The Morgan fingerprint density at radius 2 is 1.18 bits per heavy atom. The van der Waals surface area contributed by atoms with Gasteiger partial charge in [0.15, 0.2) is 0 Å². The van der Waals surface area contributed by atoms with Crippen molar-refractivity contribution in [2.75, 3.05) is 0 Å². The van der Waals surface area contributed by atoms with Gasteiger partial charge in [-0.05, 0) is 26.2 Å². The van der Waals surface area contributed by atoms with Crippen LogP contribution in [0, 0.1) is 0 Å². The quantitative estimate of drug-likeness (QED) is 0.341. The second-order valence-electron chi connectivity index (χ2n) is 7.73. The monoisotopic (exact) mass is 309 g/mol. The molecule has 0 bridgehead atoms. The van der Waals surface area contributed by atoms with Gasteiger partial charge >= 0.3 is 0 Å². The lowest BCUT2D eigenvalue weighted by Crippen LogP contribution is -2.40. The number of rotatable bonds is 14. The number of nitrogens with one attached hydrogen (secondary N) is 1. The summed E-state index contributed by atoms with van der Waals surface area (Å²) in [7, 11) is 0. The van der Waals surface area contributed by atoms with E-state index in [0.29, 0.717) is 0 Å². The summed E-state index contributed by atoms with van der Waals surface area (Å²) in [6, 6.07) is 1.59. The van der Waals surface area contributed by atoms with Crippen LogP contribution in [0.15, 0.2) is 0 Å². The first-order valence-corrected chi connectivity index (χ1v) is 10.6. The van der Waals surface area contributed by atoms with Gasteiger partial charge in [-0.15, -0.1) is 0 Å². The molecule has 1 aliphatic rings. The molecule has 0 radical (unpaired) electrons. The molecule has 1 saturated heterocycles. The summed E-state index contributed by atoms with van der Waals surface area (Å²) in [6.07, 6.45) is 24.7. The van der Waals surface area contributed by atoms with Gasteiger partial charge in [-0.2, -0.15) is 0 Å². The summed E-state index contributed by atoms with van der Waals surface area (Å²) in [5, 5.41) is 3.76. The van der Waals surface area contributed by atoms with Crippen LogP contribution in [-0.4, -0.2) is 12.1 Å². The van der Waals surface area contributed by atoms with Crippen LogP contribution < -0.4 is 5.32 Å². The normalized spacial score (nSPS) is 22.1. The van der Waals surface area contributed by atoms with E-state index in [2.05, 4.69) is 19.2 Å². The van der Waals surface area contributed by atoms with Crippen LogP contribution in [0.25, 0.3) is 0 Å². The van der Waals surface area contributed by atoms with Crippen LogP contribution in [0.1, 0.15) is 123 Å². The van der Waals surface area contributed by atoms with Gasteiger partial charge in [0.25, 0.3) is 0 Å². The number of piperidine rings is 1. The molecule has 1 aliphatic heterocycles. The number of unbranched alkanes of at least 4 members (excludes halogenated alkanes) is 12. The average molecular weight is 310 g/mol. The van der Waals surface area contributed by atoms with Crippen LogP contribution >= 0.6 is 0 Å². The van der Waals surface area contributed by atoms with E-state index in [0.717, 1.165) is 12.1 Å². The summed E-state index contributed by atoms with van der Waals surface area (Å²) in [6.45, 7) is 4.64. The molecule has 0 unspecified atom stereocenters. The fourth-order valence-electron chi connectivity index (χ4n) is 3.88. The van der Waals surface area contributed by atoms with E-state index < -0.39 is 0 Å². The fraction of sp³-hybridized carbons (Fsp3) is 1.00. The SMILES string of the molecule is CCCCCCCCCCCCCCC[C@@H]1CCC[C@H](C)N1.